The summed E-state index contributed by atoms with van der Waals surface area (Å²) in [5.41, 5.74) is 1.73. The van der Waals surface area contributed by atoms with Crippen molar-refractivity contribution in [2.45, 2.75) is 6.17 Å². The van der Waals surface area contributed by atoms with E-state index in [0.717, 1.165) is 0 Å². The maximum Gasteiger partial charge on any atom is 0.270 e. The zero-order valence-corrected chi connectivity index (χ0v) is 11.4. The van der Waals surface area contributed by atoms with Gasteiger partial charge in [-0.3, -0.25) is 14.9 Å². The standard InChI is InChI=1S/C14H10ClN3O3/c15-11-7-8(18(20)21)5-6-9(11)13-16-12-4-2-1-3-10(12)14(19)17-13/h1-7,13,16H,(H,17,19). The molecule has 0 aliphatic carbocycles. The van der Waals surface area contributed by atoms with Crippen LogP contribution in [0.1, 0.15) is 22.1 Å². The van der Waals surface area contributed by atoms with Crippen molar-refractivity contribution in [2.75, 3.05) is 5.32 Å². The van der Waals surface area contributed by atoms with Crippen molar-refractivity contribution in [2.24, 2.45) is 0 Å². The van der Waals surface area contributed by atoms with Crippen LogP contribution in [0.2, 0.25) is 5.02 Å². The van der Waals surface area contributed by atoms with Gasteiger partial charge in [0.25, 0.3) is 11.6 Å². The van der Waals surface area contributed by atoms with Crippen molar-refractivity contribution in [3.05, 3.63) is 68.7 Å². The number of amides is 1. The molecule has 0 bridgehead atoms. The number of hydrogen-bond acceptors (Lipinski definition) is 4. The molecular weight excluding hydrogens is 294 g/mol. The zero-order chi connectivity index (χ0) is 15.0. The Morgan fingerprint density at radius 2 is 1.90 bits per heavy atom. The zero-order valence-electron chi connectivity index (χ0n) is 10.7. The van der Waals surface area contributed by atoms with Gasteiger partial charge in [-0.15, -0.1) is 0 Å². The topological polar surface area (TPSA) is 84.3 Å². The molecule has 2 aromatic rings. The van der Waals surface area contributed by atoms with Gasteiger partial charge in [0, 0.05) is 23.4 Å². The fraction of sp³-hybridized carbons (Fsp3) is 0.0714. The number of non-ortho nitro benzene ring substituents is 1. The van der Waals surface area contributed by atoms with Crippen LogP contribution < -0.4 is 10.6 Å². The lowest BCUT2D eigenvalue weighted by Gasteiger charge is -2.28. The van der Waals surface area contributed by atoms with Crippen molar-refractivity contribution < 1.29 is 9.72 Å². The van der Waals surface area contributed by atoms with Crippen LogP contribution in [-0.4, -0.2) is 10.8 Å². The number of fused-ring (bicyclic) bond motifs is 1. The number of nitro benzene ring substituents is 1. The lowest BCUT2D eigenvalue weighted by molar-refractivity contribution is -0.384. The van der Waals surface area contributed by atoms with Gasteiger partial charge in [-0.2, -0.15) is 0 Å². The highest BCUT2D eigenvalue weighted by Gasteiger charge is 2.26. The molecule has 1 amide bonds. The molecule has 2 N–H and O–H groups in total. The van der Waals surface area contributed by atoms with Crippen molar-refractivity contribution in [1.82, 2.24) is 5.32 Å². The smallest absolute Gasteiger partial charge is 0.270 e. The summed E-state index contributed by atoms with van der Waals surface area (Å²) in [5, 5.41) is 16.9. The van der Waals surface area contributed by atoms with Crippen LogP contribution >= 0.6 is 11.6 Å². The van der Waals surface area contributed by atoms with E-state index in [-0.39, 0.29) is 16.6 Å². The number of anilines is 1. The maximum absolute atomic E-state index is 12.1. The third kappa shape index (κ3) is 2.41. The van der Waals surface area contributed by atoms with Crippen molar-refractivity contribution >= 4 is 28.9 Å². The normalized spacial score (nSPS) is 16.6. The molecule has 2 aromatic carbocycles. The first kappa shape index (κ1) is 13.4. The predicted octanol–water partition coefficient (Wildman–Crippen LogP) is 3.10. The van der Waals surface area contributed by atoms with E-state index < -0.39 is 11.1 Å². The van der Waals surface area contributed by atoms with Gasteiger partial charge in [0.2, 0.25) is 0 Å². The summed E-state index contributed by atoms with van der Waals surface area (Å²) in [5.74, 6) is -0.219. The predicted molar refractivity (Wildman–Crippen MR) is 78.4 cm³/mol. The molecule has 0 aromatic heterocycles. The second-order valence-corrected chi connectivity index (χ2v) is 4.97. The molecule has 21 heavy (non-hydrogen) atoms. The van der Waals surface area contributed by atoms with E-state index in [2.05, 4.69) is 10.6 Å². The summed E-state index contributed by atoms with van der Waals surface area (Å²) in [6, 6.07) is 11.3. The summed E-state index contributed by atoms with van der Waals surface area (Å²) >= 11 is 6.09. The molecule has 1 unspecified atom stereocenters. The Kier molecular flexibility index (Phi) is 3.23. The van der Waals surface area contributed by atoms with E-state index in [4.69, 9.17) is 11.6 Å². The molecule has 6 nitrogen and oxygen atoms in total. The lowest BCUT2D eigenvalue weighted by Crippen LogP contribution is -2.38. The van der Waals surface area contributed by atoms with Crippen molar-refractivity contribution in [3.8, 4) is 0 Å². The van der Waals surface area contributed by atoms with E-state index >= 15 is 0 Å². The Morgan fingerprint density at radius 3 is 2.62 bits per heavy atom. The van der Waals surface area contributed by atoms with Crippen LogP contribution in [0.3, 0.4) is 0 Å². The van der Waals surface area contributed by atoms with Crippen LogP contribution in [0.15, 0.2) is 42.5 Å². The second kappa shape index (κ2) is 5.06. The summed E-state index contributed by atoms with van der Waals surface area (Å²) in [7, 11) is 0. The molecular formula is C14H10ClN3O3. The molecule has 1 aliphatic rings. The van der Waals surface area contributed by atoms with Crippen LogP contribution in [0.5, 0.6) is 0 Å². The van der Waals surface area contributed by atoms with Gasteiger partial charge >= 0.3 is 0 Å². The molecule has 1 aliphatic heterocycles. The molecule has 1 heterocycles. The highest BCUT2D eigenvalue weighted by molar-refractivity contribution is 6.31. The van der Waals surface area contributed by atoms with Crippen LogP contribution in [0.4, 0.5) is 11.4 Å². The summed E-state index contributed by atoms with van der Waals surface area (Å²) in [4.78, 5) is 22.3. The number of halogens is 1. The lowest BCUT2D eigenvalue weighted by atomic mass is 10.1. The van der Waals surface area contributed by atoms with E-state index in [1.165, 1.54) is 18.2 Å². The Bertz CT molecular complexity index is 748. The van der Waals surface area contributed by atoms with Gasteiger partial charge in [-0.1, -0.05) is 23.7 Å². The fourth-order valence-electron chi connectivity index (χ4n) is 2.23. The number of carbonyl (C=O) groups is 1. The van der Waals surface area contributed by atoms with Crippen LogP contribution in [0.25, 0.3) is 0 Å². The third-order valence-corrected chi connectivity index (χ3v) is 3.58. The van der Waals surface area contributed by atoms with E-state index in [9.17, 15) is 14.9 Å². The van der Waals surface area contributed by atoms with Crippen molar-refractivity contribution in [1.29, 1.82) is 0 Å². The molecule has 0 radical (unpaired) electrons. The first-order valence-corrected chi connectivity index (χ1v) is 6.54. The largest absolute Gasteiger partial charge is 0.361 e. The van der Waals surface area contributed by atoms with Gasteiger partial charge in [-0.25, -0.2) is 0 Å². The van der Waals surface area contributed by atoms with Gasteiger partial charge in [-0.05, 0) is 18.2 Å². The fourth-order valence-corrected chi connectivity index (χ4v) is 2.51. The number of carbonyl (C=O) groups excluding carboxylic acids is 1. The van der Waals surface area contributed by atoms with E-state index in [1.807, 2.05) is 6.07 Å². The van der Waals surface area contributed by atoms with Crippen LogP contribution in [0, 0.1) is 10.1 Å². The van der Waals surface area contributed by atoms with Crippen molar-refractivity contribution in [3.63, 3.8) is 0 Å². The average molecular weight is 304 g/mol. The van der Waals surface area contributed by atoms with Gasteiger partial charge < -0.3 is 10.6 Å². The average Bonchev–Trinajstić information content (AvgIpc) is 2.47. The monoisotopic (exact) mass is 303 g/mol. The molecule has 0 saturated heterocycles. The number of benzene rings is 2. The highest BCUT2D eigenvalue weighted by atomic mass is 35.5. The number of para-hydroxylation sites is 1. The van der Waals surface area contributed by atoms with Gasteiger partial charge in [0.05, 0.1) is 15.5 Å². The SMILES string of the molecule is O=C1NC(c2ccc([N+](=O)[O-])cc2Cl)Nc2ccccc21. The summed E-state index contributed by atoms with van der Waals surface area (Å²) in [6.07, 6.45) is -0.527. The second-order valence-electron chi connectivity index (χ2n) is 4.56. The molecule has 106 valence electrons. The Labute approximate surface area is 124 Å². The Hall–Kier alpha value is -2.60. The maximum atomic E-state index is 12.1. The number of hydrogen-bond donors (Lipinski definition) is 2. The number of rotatable bonds is 2. The summed E-state index contributed by atoms with van der Waals surface area (Å²) < 4.78 is 0. The number of nitro groups is 1. The Balaban J connectivity index is 1.96. The summed E-state index contributed by atoms with van der Waals surface area (Å²) in [6.45, 7) is 0. The molecule has 3 rings (SSSR count). The van der Waals surface area contributed by atoms with E-state index in [1.54, 1.807) is 18.2 Å². The molecule has 0 fully saturated rings. The number of nitrogens with one attached hydrogen (secondary N) is 2. The van der Waals surface area contributed by atoms with Gasteiger partial charge in [0.15, 0.2) is 0 Å². The minimum Gasteiger partial charge on any atom is -0.361 e. The first-order chi connectivity index (χ1) is 10.1. The van der Waals surface area contributed by atoms with Gasteiger partial charge in [0.1, 0.15) is 6.17 Å². The quantitative estimate of drug-likeness (QED) is 0.659. The molecule has 0 spiro atoms. The molecule has 1 atom stereocenters. The highest BCUT2D eigenvalue weighted by Crippen LogP contribution is 2.31. The first-order valence-electron chi connectivity index (χ1n) is 6.16. The minimum atomic E-state index is -0.527. The molecule has 7 heteroatoms. The Morgan fingerprint density at radius 1 is 1.14 bits per heavy atom. The number of nitrogens with zero attached hydrogens (tertiary/aromatic N) is 1. The molecule has 0 saturated carbocycles. The van der Waals surface area contributed by atoms with E-state index in [0.29, 0.717) is 16.8 Å². The third-order valence-electron chi connectivity index (χ3n) is 3.25. The van der Waals surface area contributed by atoms with Crippen LogP contribution in [-0.2, 0) is 0 Å². The minimum absolute atomic E-state index is 0.0914.